The highest BCUT2D eigenvalue weighted by atomic mass is 16.5. The quantitative estimate of drug-likeness (QED) is 0.537. The Balaban J connectivity index is 1.45. The summed E-state index contributed by atoms with van der Waals surface area (Å²) in [7, 11) is 1.79. The van der Waals surface area contributed by atoms with Crippen molar-refractivity contribution in [3.8, 4) is 11.3 Å². The van der Waals surface area contributed by atoms with Crippen LogP contribution in [-0.2, 0) is 7.05 Å². The van der Waals surface area contributed by atoms with Crippen molar-refractivity contribution in [2.24, 2.45) is 13.0 Å². The zero-order valence-corrected chi connectivity index (χ0v) is 19.1. The first-order chi connectivity index (χ1) is 15.5. The SMILES string of the molecule is Cc1noc(C)c1-c1ccc(NCC(NC(=O)c2ccnn2C)C2CCCCCC2)cn1. The molecule has 0 radical (unpaired) electrons. The second-order valence-electron chi connectivity index (χ2n) is 8.68. The Hall–Kier alpha value is -3.16. The largest absolute Gasteiger partial charge is 0.382 e. The molecule has 4 rings (SSSR count). The fraction of sp³-hybridized carbons (Fsp3) is 0.500. The number of rotatable bonds is 7. The number of aryl methyl sites for hydroxylation is 3. The minimum atomic E-state index is -0.0760. The average Bonchev–Trinajstić information content (AvgIpc) is 3.25. The number of amides is 1. The van der Waals surface area contributed by atoms with E-state index in [2.05, 4.69) is 25.9 Å². The molecule has 3 aromatic rings. The monoisotopic (exact) mass is 436 g/mol. The van der Waals surface area contributed by atoms with E-state index in [1.54, 1.807) is 24.0 Å². The molecule has 1 aliphatic carbocycles. The molecule has 170 valence electrons. The third-order valence-electron chi connectivity index (χ3n) is 6.42. The lowest BCUT2D eigenvalue weighted by Gasteiger charge is -2.28. The maximum absolute atomic E-state index is 12.9. The Kier molecular flexibility index (Phi) is 6.87. The summed E-state index contributed by atoms with van der Waals surface area (Å²) in [6.45, 7) is 4.47. The smallest absolute Gasteiger partial charge is 0.269 e. The molecule has 8 heteroatoms. The second-order valence-corrected chi connectivity index (χ2v) is 8.68. The number of carbonyl (C=O) groups is 1. The van der Waals surface area contributed by atoms with E-state index in [1.807, 2.05) is 32.2 Å². The van der Waals surface area contributed by atoms with E-state index in [0.717, 1.165) is 41.2 Å². The van der Waals surface area contributed by atoms with Crippen molar-refractivity contribution in [2.45, 2.75) is 58.4 Å². The molecular formula is C24H32N6O2. The van der Waals surface area contributed by atoms with Crippen LogP contribution >= 0.6 is 0 Å². The van der Waals surface area contributed by atoms with Gasteiger partial charge >= 0.3 is 0 Å². The second kappa shape index (κ2) is 9.97. The number of hydrogen-bond acceptors (Lipinski definition) is 6. The molecule has 2 N–H and O–H groups in total. The molecule has 0 aromatic carbocycles. The molecule has 3 aromatic heterocycles. The number of aromatic nitrogens is 4. The summed E-state index contributed by atoms with van der Waals surface area (Å²) in [5.41, 5.74) is 4.12. The van der Waals surface area contributed by atoms with Crippen LogP contribution in [0.3, 0.4) is 0 Å². The van der Waals surface area contributed by atoms with Crippen molar-refractivity contribution in [3.05, 3.63) is 47.7 Å². The number of pyridine rings is 1. The molecule has 0 saturated heterocycles. The van der Waals surface area contributed by atoms with Gasteiger partial charge < -0.3 is 15.2 Å². The van der Waals surface area contributed by atoms with E-state index < -0.39 is 0 Å². The van der Waals surface area contributed by atoms with Crippen molar-refractivity contribution in [1.29, 1.82) is 0 Å². The van der Waals surface area contributed by atoms with Crippen molar-refractivity contribution in [2.75, 3.05) is 11.9 Å². The van der Waals surface area contributed by atoms with Crippen LogP contribution in [0.4, 0.5) is 5.69 Å². The number of nitrogens with zero attached hydrogens (tertiary/aromatic N) is 4. The number of anilines is 1. The van der Waals surface area contributed by atoms with Crippen LogP contribution < -0.4 is 10.6 Å². The zero-order valence-electron chi connectivity index (χ0n) is 19.1. The van der Waals surface area contributed by atoms with E-state index in [-0.39, 0.29) is 11.9 Å². The molecule has 3 heterocycles. The molecular weight excluding hydrogens is 404 g/mol. The van der Waals surface area contributed by atoms with E-state index in [0.29, 0.717) is 18.2 Å². The Morgan fingerprint density at radius 1 is 1.19 bits per heavy atom. The van der Waals surface area contributed by atoms with Crippen LogP contribution in [0.5, 0.6) is 0 Å². The molecule has 0 aliphatic heterocycles. The van der Waals surface area contributed by atoms with Crippen LogP contribution in [0.25, 0.3) is 11.3 Å². The highest BCUT2D eigenvalue weighted by Crippen LogP contribution is 2.27. The molecule has 1 amide bonds. The van der Waals surface area contributed by atoms with Gasteiger partial charge in [0.1, 0.15) is 11.5 Å². The summed E-state index contributed by atoms with van der Waals surface area (Å²) in [6.07, 6.45) is 10.8. The molecule has 1 atom stereocenters. The van der Waals surface area contributed by atoms with Gasteiger partial charge in [-0.1, -0.05) is 30.8 Å². The fourth-order valence-corrected chi connectivity index (χ4v) is 4.61. The molecule has 1 saturated carbocycles. The Bertz CT molecular complexity index is 1010. The van der Waals surface area contributed by atoms with E-state index in [4.69, 9.17) is 4.52 Å². The molecule has 32 heavy (non-hydrogen) atoms. The Labute approximate surface area is 188 Å². The zero-order chi connectivity index (χ0) is 22.5. The first-order valence-electron chi connectivity index (χ1n) is 11.4. The molecule has 0 spiro atoms. The normalized spacial score (nSPS) is 15.8. The number of nitrogens with one attached hydrogen (secondary N) is 2. The maximum Gasteiger partial charge on any atom is 0.269 e. The van der Waals surface area contributed by atoms with E-state index in [9.17, 15) is 4.79 Å². The van der Waals surface area contributed by atoms with Gasteiger partial charge in [0.05, 0.1) is 28.8 Å². The summed E-state index contributed by atoms with van der Waals surface area (Å²) in [6, 6.07) is 5.78. The number of hydrogen-bond donors (Lipinski definition) is 2. The van der Waals surface area contributed by atoms with Crippen molar-refractivity contribution < 1.29 is 9.32 Å². The van der Waals surface area contributed by atoms with Crippen LogP contribution in [0.2, 0.25) is 0 Å². The van der Waals surface area contributed by atoms with E-state index >= 15 is 0 Å². The fourth-order valence-electron chi connectivity index (χ4n) is 4.61. The van der Waals surface area contributed by atoms with Crippen molar-refractivity contribution >= 4 is 11.6 Å². The lowest BCUT2D eigenvalue weighted by Crippen LogP contribution is -2.45. The van der Waals surface area contributed by atoms with Gasteiger partial charge in [0.25, 0.3) is 5.91 Å². The highest BCUT2D eigenvalue weighted by molar-refractivity contribution is 5.92. The van der Waals surface area contributed by atoms with Gasteiger partial charge in [0, 0.05) is 25.8 Å². The maximum atomic E-state index is 12.9. The van der Waals surface area contributed by atoms with E-state index in [1.165, 1.54) is 25.7 Å². The summed E-state index contributed by atoms with van der Waals surface area (Å²) in [5.74, 6) is 1.15. The third kappa shape index (κ3) is 5.00. The predicted molar refractivity (Wildman–Crippen MR) is 123 cm³/mol. The van der Waals surface area contributed by atoms with Crippen LogP contribution in [0.15, 0.2) is 35.1 Å². The van der Waals surface area contributed by atoms with Crippen LogP contribution in [0, 0.1) is 19.8 Å². The molecule has 0 bridgehead atoms. The first kappa shape index (κ1) is 22.0. The predicted octanol–water partition coefficient (Wildman–Crippen LogP) is 4.27. The molecule has 1 aliphatic rings. The Morgan fingerprint density at radius 3 is 2.56 bits per heavy atom. The minimum Gasteiger partial charge on any atom is -0.382 e. The standard InChI is InChI=1S/C24H32N6O2/c1-16-23(17(2)32-29-16)20-11-10-19(14-26-20)25-15-21(18-8-6-4-5-7-9-18)28-24(31)22-12-13-27-30(22)3/h10-14,18,21,25H,4-9,15H2,1-3H3,(H,28,31). The van der Waals surface area contributed by atoms with Gasteiger partial charge in [0.15, 0.2) is 0 Å². The van der Waals surface area contributed by atoms with Crippen molar-refractivity contribution in [1.82, 2.24) is 25.2 Å². The highest BCUT2D eigenvalue weighted by Gasteiger charge is 2.25. The van der Waals surface area contributed by atoms with Gasteiger partial charge in [-0.25, -0.2) is 0 Å². The molecule has 1 unspecified atom stereocenters. The van der Waals surface area contributed by atoms with Crippen LogP contribution in [0.1, 0.15) is 60.5 Å². The van der Waals surface area contributed by atoms with Gasteiger partial charge in [-0.2, -0.15) is 5.10 Å². The third-order valence-corrected chi connectivity index (χ3v) is 6.42. The number of carbonyl (C=O) groups excluding carboxylic acids is 1. The van der Waals surface area contributed by atoms with Crippen LogP contribution in [-0.4, -0.2) is 38.4 Å². The molecule has 1 fully saturated rings. The van der Waals surface area contributed by atoms with Gasteiger partial charge in [-0.15, -0.1) is 0 Å². The van der Waals surface area contributed by atoms with Gasteiger partial charge in [-0.05, 0) is 50.8 Å². The molecule has 8 nitrogen and oxygen atoms in total. The summed E-state index contributed by atoms with van der Waals surface area (Å²) in [4.78, 5) is 17.5. The first-order valence-corrected chi connectivity index (χ1v) is 11.4. The summed E-state index contributed by atoms with van der Waals surface area (Å²) in [5, 5.41) is 14.9. The topological polar surface area (TPSA) is 97.9 Å². The Morgan fingerprint density at radius 2 is 1.97 bits per heavy atom. The van der Waals surface area contributed by atoms with Gasteiger partial charge in [0.2, 0.25) is 0 Å². The van der Waals surface area contributed by atoms with Gasteiger partial charge in [-0.3, -0.25) is 14.5 Å². The lowest BCUT2D eigenvalue weighted by atomic mass is 9.91. The average molecular weight is 437 g/mol. The lowest BCUT2D eigenvalue weighted by molar-refractivity contribution is 0.0912. The minimum absolute atomic E-state index is 0.0396. The summed E-state index contributed by atoms with van der Waals surface area (Å²) >= 11 is 0. The van der Waals surface area contributed by atoms with Crippen molar-refractivity contribution in [3.63, 3.8) is 0 Å². The summed E-state index contributed by atoms with van der Waals surface area (Å²) < 4.78 is 6.88.